The second-order valence-corrected chi connectivity index (χ2v) is 5.73. The second kappa shape index (κ2) is 7.59. The summed E-state index contributed by atoms with van der Waals surface area (Å²) in [5.41, 5.74) is 0.831. The van der Waals surface area contributed by atoms with Crippen LogP contribution in [0.1, 0.15) is 18.9 Å². The first kappa shape index (κ1) is 15.3. The molecule has 2 rings (SSSR count). The topological polar surface area (TPSA) is 21.3 Å². The van der Waals surface area contributed by atoms with E-state index in [1.165, 1.54) is 12.1 Å². The average Bonchev–Trinajstić information content (AvgIpc) is 2.44. The molecule has 1 N–H and O–H groups in total. The Kier molecular flexibility index (Phi) is 5.79. The number of rotatable bonds is 6. The normalized spacial score (nSPS) is 10.6. The van der Waals surface area contributed by atoms with Crippen molar-refractivity contribution in [2.45, 2.75) is 19.9 Å². The SMILES string of the molecule is CCCNCc1cc(F)ccc1Oc1ccc(I)cc1. The molecule has 4 heteroatoms. The zero-order valence-corrected chi connectivity index (χ0v) is 13.5. The van der Waals surface area contributed by atoms with Gasteiger partial charge in [-0.15, -0.1) is 0 Å². The minimum Gasteiger partial charge on any atom is -0.457 e. The van der Waals surface area contributed by atoms with E-state index in [0.717, 1.165) is 27.8 Å². The lowest BCUT2D eigenvalue weighted by atomic mass is 10.2. The van der Waals surface area contributed by atoms with Gasteiger partial charge in [0.2, 0.25) is 0 Å². The van der Waals surface area contributed by atoms with E-state index in [4.69, 9.17) is 4.74 Å². The number of benzene rings is 2. The van der Waals surface area contributed by atoms with Gasteiger partial charge < -0.3 is 10.1 Å². The summed E-state index contributed by atoms with van der Waals surface area (Å²) in [4.78, 5) is 0. The van der Waals surface area contributed by atoms with Crippen molar-refractivity contribution in [3.63, 3.8) is 0 Å². The fourth-order valence-electron chi connectivity index (χ4n) is 1.82. The zero-order chi connectivity index (χ0) is 14.4. The van der Waals surface area contributed by atoms with Crippen molar-refractivity contribution in [1.82, 2.24) is 5.32 Å². The molecule has 20 heavy (non-hydrogen) atoms. The summed E-state index contributed by atoms with van der Waals surface area (Å²) in [6.45, 7) is 3.60. The van der Waals surface area contributed by atoms with Crippen LogP contribution in [0.15, 0.2) is 42.5 Å². The van der Waals surface area contributed by atoms with Crippen LogP contribution in [-0.4, -0.2) is 6.54 Å². The third-order valence-corrected chi connectivity index (χ3v) is 3.53. The van der Waals surface area contributed by atoms with E-state index < -0.39 is 0 Å². The first-order valence-electron chi connectivity index (χ1n) is 6.61. The van der Waals surface area contributed by atoms with Crippen molar-refractivity contribution in [3.05, 3.63) is 57.4 Å². The van der Waals surface area contributed by atoms with Gasteiger partial charge in [-0.3, -0.25) is 0 Å². The van der Waals surface area contributed by atoms with Crippen LogP contribution in [0, 0.1) is 9.39 Å². The van der Waals surface area contributed by atoms with Gasteiger partial charge >= 0.3 is 0 Å². The summed E-state index contributed by atoms with van der Waals surface area (Å²) in [5, 5.41) is 3.27. The van der Waals surface area contributed by atoms with Gasteiger partial charge in [0.15, 0.2) is 0 Å². The van der Waals surface area contributed by atoms with Crippen LogP contribution < -0.4 is 10.1 Å². The summed E-state index contributed by atoms with van der Waals surface area (Å²) in [5.74, 6) is 1.21. The Morgan fingerprint density at radius 1 is 1.15 bits per heavy atom. The highest BCUT2D eigenvalue weighted by Crippen LogP contribution is 2.26. The third-order valence-electron chi connectivity index (χ3n) is 2.81. The Morgan fingerprint density at radius 2 is 1.90 bits per heavy atom. The first-order valence-corrected chi connectivity index (χ1v) is 7.69. The Bertz CT molecular complexity index is 557. The van der Waals surface area contributed by atoms with Crippen molar-refractivity contribution in [3.8, 4) is 11.5 Å². The van der Waals surface area contributed by atoms with Crippen LogP contribution in [0.4, 0.5) is 4.39 Å². The molecular weight excluding hydrogens is 368 g/mol. The molecule has 0 aliphatic rings. The molecule has 0 unspecified atom stereocenters. The summed E-state index contributed by atoms with van der Waals surface area (Å²) < 4.78 is 20.4. The van der Waals surface area contributed by atoms with Crippen LogP contribution in [0.3, 0.4) is 0 Å². The van der Waals surface area contributed by atoms with Crippen LogP contribution >= 0.6 is 22.6 Å². The van der Waals surface area contributed by atoms with Gasteiger partial charge in [0.05, 0.1) is 0 Å². The molecule has 0 spiro atoms. The maximum Gasteiger partial charge on any atom is 0.132 e. The number of ether oxygens (including phenoxy) is 1. The van der Waals surface area contributed by atoms with Gasteiger partial charge in [-0.25, -0.2) is 4.39 Å². The van der Waals surface area contributed by atoms with Crippen molar-refractivity contribution in [1.29, 1.82) is 0 Å². The summed E-state index contributed by atoms with van der Waals surface area (Å²) in [6, 6.07) is 12.4. The molecule has 0 fully saturated rings. The van der Waals surface area contributed by atoms with Crippen LogP contribution in [0.2, 0.25) is 0 Å². The van der Waals surface area contributed by atoms with E-state index in [2.05, 4.69) is 34.8 Å². The van der Waals surface area contributed by atoms with Crippen molar-refractivity contribution >= 4 is 22.6 Å². The number of halogens is 2. The van der Waals surface area contributed by atoms with Gasteiger partial charge in [0, 0.05) is 15.7 Å². The maximum atomic E-state index is 13.4. The molecule has 0 saturated carbocycles. The fourth-order valence-corrected chi connectivity index (χ4v) is 2.17. The van der Waals surface area contributed by atoms with Gasteiger partial charge in [-0.1, -0.05) is 6.92 Å². The largest absolute Gasteiger partial charge is 0.457 e. The summed E-state index contributed by atoms with van der Waals surface area (Å²) in [7, 11) is 0. The first-order chi connectivity index (χ1) is 9.69. The zero-order valence-electron chi connectivity index (χ0n) is 11.3. The molecule has 2 aromatic carbocycles. The molecule has 2 aromatic rings. The van der Waals surface area contributed by atoms with Gasteiger partial charge in [0.1, 0.15) is 17.3 Å². The second-order valence-electron chi connectivity index (χ2n) is 4.48. The summed E-state index contributed by atoms with van der Waals surface area (Å²) in [6.07, 6.45) is 1.04. The Balaban J connectivity index is 2.15. The Hall–Kier alpha value is -1.14. The quantitative estimate of drug-likeness (QED) is 0.574. The maximum absolute atomic E-state index is 13.4. The minimum absolute atomic E-state index is 0.242. The van der Waals surface area contributed by atoms with Gasteiger partial charge in [-0.2, -0.15) is 0 Å². The van der Waals surface area contributed by atoms with Crippen molar-refractivity contribution in [2.24, 2.45) is 0 Å². The van der Waals surface area contributed by atoms with Crippen molar-refractivity contribution < 1.29 is 9.13 Å². The van der Waals surface area contributed by atoms with Gasteiger partial charge in [-0.05, 0) is 78.0 Å². The molecule has 0 atom stereocenters. The fraction of sp³-hybridized carbons (Fsp3) is 0.250. The molecule has 0 aliphatic carbocycles. The minimum atomic E-state index is -0.242. The van der Waals surface area contributed by atoms with Crippen LogP contribution in [-0.2, 0) is 6.54 Å². The Labute approximate surface area is 132 Å². The average molecular weight is 385 g/mol. The van der Waals surface area contributed by atoms with E-state index >= 15 is 0 Å². The van der Waals surface area contributed by atoms with E-state index in [1.807, 2.05) is 24.3 Å². The molecule has 0 aromatic heterocycles. The predicted molar refractivity (Wildman–Crippen MR) is 87.6 cm³/mol. The lowest BCUT2D eigenvalue weighted by Crippen LogP contribution is -2.14. The molecule has 106 valence electrons. The molecule has 0 aliphatic heterocycles. The monoisotopic (exact) mass is 385 g/mol. The molecule has 0 radical (unpaired) electrons. The van der Waals surface area contributed by atoms with Crippen LogP contribution in [0.25, 0.3) is 0 Å². The van der Waals surface area contributed by atoms with Crippen molar-refractivity contribution in [2.75, 3.05) is 6.54 Å². The number of nitrogens with one attached hydrogen (secondary N) is 1. The number of hydrogen-bond acceptors (Lipinski definition) is 2. The molecule has 0 saturated heterocycles. The number of hydrogen-bond donors (Lipinski definition) is 1. The van der Waals surface area contributed by atoms with E-state index in [-0.39, 0.29) is 5.82 Å². The Morgan fingerprint density at radius 3 is 2.60 bits per heavy atom. The molecular formula is C16H17FINO. The smallest absolute Gasteiger partial charge is 0.132 e. The standard InChI is InChI=1S/C16H17FINO/c1-2-9-19-11-12-10-13(17)3-8-16(12)20-15-6-4-14(18)5-7-15/h3-8,10,19H,2,9,11H2,1H3. The highest BCUT2D eigenvalue weighted by atomic mass is 127. The predicted octanol–water partition coefficient (Wildman–Crippen LogP) is 4.72. The van der Waals surface area contributed by atoms with E-state index in [1.54, 1.807) is 6.07 Å². The lowest BCUT2D eigenvalue weighted by molar-refractivity contribution is 0.470. The van der Waals surface area contributed by atoms with E-state index in [0.29, 0.717) is 12.3 Å². The molecule has 0 heterocycles. The van der Waals surface area contributed by atoms with Gasteiger partial charge in [0.25, 0.3) is 0 Å². The molecule has 0 bridgehead atoms. The lowest BCUT2D eigenvalue weighted by Gasteiger charge is -2.12. The molecule has 2 nitrogen and oxygen atoms in total. The highest BCUT2D eigenvalue weighted by Gasteiger charge is 2.06. The van der Waals surface area contributed by atoms with Crippen LogP contribution in [0.5, 0.6) is 11.5 Å². The van der Waals surface area contributed by atoms with E-state index in [9.17, 15) is 4.39 Å². The summed E-state index contributed by atoms with van der Waals surface area (Å²) >= 11 is 2.25. The highest BCUT2D eigenvalue weighted by molar-refractivity contribution is 14.1. The molecule has 0 amide bonds. The third kappa shape index (κ3) is 4.45.